The SMILES string of the molecule is CCC(CBr)CN1C(C)CCCC1C. The smallest absolute Gasteiger partial charge is 0.00717 e. The molecule has 0 bridgehead atoms. The number of hydrogen-bond donors (Lipinski definition) is 0. The molecule has 0 radical (unpaired) electrons. The van der Waals surface area contributed by atoms with Crippen molar-refractivity contribution in [2.45, 2.75) is 58.5 Å². The summed E-state index contributed by atoms with van der Waals surface area (Å²) in [5, 5.41) is 1.15. The lowest BCUT2D eigenvalue weighted by Crippen LogP contribution is -2.46. The zero-order chi connectivity index (χ0) is 10.6. The highest BCUT2D eigenvalue weighted by atomic mass is 79.9. The number of nitrogens with zero attached hydrogens (tertiary/aromatic N) is 1. The monoisotopic (exact) mass is 261 g/mol. The van der Waals surface area contributed by atoms with E-state index in [2.05, 4.69) is 41.6 Å². The molecule has 0 saturated carbocycles. The molecule has 0 spiro atoms. The second-order valence-corrected chi connectivity index (χ2v) is 5.40. The quantitative estimate of drug-likeness (QED) is 0.699. The summed E-state index contributed by atoms with van der Waals surface area (Å²) in [5.74, 6) is 0.831. The van der Waals surface area contributed by atoms with Gasteiger partial charge in [-0.15, -0.1) is 0 Å². The molecule has 1 aliphatic heterocycles. The van der Waals surface area contributed by atoms with Crippen molar-refractivity contribution >= 4 is 15.9 Å². The molecular weight excluding hydrogens is 238 g/mol. The summed E-state index contributed by atoms with van der Waals surface area (Å²) >= 11 is 3.62. The third kappa shape index (κ3) is 3.23. The number of halogens is 1. The van der Waals surface area contributed by atoms with Crippen molar-refractivity contribution in [2.75, 3.05) is 11.9 Å². The van der Waals surface area contributed by atoms with Gasteiger partial charge in [0.05, 0.1) is 0 Å². The zero-order valence-electron chi connectivity index (χ0n) is 9.80. The maximum absolute atomic E-state index is 3.62. The van der Waals surface area contributed by atoms with E-state index in [9.17, 15) is 0 Å². The van der Waals surface area contributed by atoms with Crippen LogP contribution in [0.15, 0.2) is 0 Å². The third-order valence-electron chi connectivity index (χ3n) is 3.64. The lowest BCUT2D eigenvalue weighted by molar-refractivity contribution is 0.0872. The molecule has 1 nitrogen and oxygen atoms in total. The first-order chi connectivity index (χ1) is 6.69. The number of hydrogen-bond acceptors (Lipinski definition) is 1. The van der Waals surface area contributed by atoms with Crippen LogP contribution in [-0.2, 0) is 0 Å². The Hall–Kier alpha value is 0.440. The molecule has 0 N–H and O–H groups in total. The summed E-state index contributed by atoms with van der Waals surface area (Å²) in [6.45, 7) is 8.35. The van der Waals surface area contributed by atoms with Crippen molar-refractivity contribution in [3.8, 4) is 0 Å². The fourth-order valence-electron chi connectivity index (χ4n) is 2.42. The van der Waals surface area contributed by atoms with Gasteiger partial charge in [-0.25, -0.2) is 0 Å². The molecule has 0 amide bonds. The second-order valence-electron chi connectivity index (χ2n) is 4.75. The van der Waals surface area contributed by atoms with E-state index in [1.54, 1.807) is 0 Å². The van der Waals surface area contributed by atoms with Crippen molar-refractivity contribution in [2.24, 2.45) is 5.92 Å². The van der Waals surface area contributed by atoms with E-state index in [-0.39, 0.29) is 0 Å². The Kier molecular flexibility index (Phi) is 5.47. The van der Waals surface area contributed by atoms with Gasteiger partial charge in [0.15, 0.2) is 0 Å². The van der Waals surface area contributed by atoms with E-state index in [4.69, 9.17) is 0 Å². The largest absolute Gasteiger partial charge is 0.298 e. The van der Waals surface area contributed by atoms with E-state index in [1.165, 1.54) is 32.2 Å². The lowest BCUT2D eigenvalue weighted by atomic mass is 9.95. The van der Waals surface area contributed by atoms with Crippen molar-refractivity contribution in [1.82, 2.24) is 4.90 Å². The van der Waals surface area contributed by atoms with Crippen LogP contribution in [-0.4, -0.2) is 28.9 Å². The van der Waals surface area contributed by atoms with Crippen LogP contribution in [0.5, 0.6) is 0 Å². The minimum absolute atomic E-state index is 0.798. The Morgan fingerprint density at radius 3 is 2.29 bits per heavy atom. The van der Waals surface area contributed by atoms with Crippen LogP contribution in [0, 0.1) is 5.92 Å². The van der Waals surface area contributed by atoms with E-state index < -0.39 is 0 Å². The summed E-state index contributed by atoms with van der Waals surface area (Å²) in [7, 11) is 0. The Balaban J connectivity index is 2.46. The van der Waals surface area contributed by atoms with Gasteiger partial charge < -0.3 is 0 Å². The van der Waals surface area contributed by atoms with Crippen molar-refractivity contribution in [1.29, 1.82) is 0 Å². The summed E-state index contributed by atoms with van der Waals surface area (Å²) in [6.07, 6.45) is 5.50. The van der Waals surface area contributed by atoms with Gasteiger partial charge in [-0.1, -0.05) is 35.7 Å². The normalized spacial score (nSPS) is 31.7. The maximum Gasteiger partial charge on any atom is 0.00717 e. The Morgan fingerprint density at radius 1 is 1.29 bits per heavy atom. The first-order valence-electron chi connectivity index (χ1n) is 6.00. The highest BCUT2D eigenvalue weighted by Crippen LogP contribution is 2.24. The standard InChI is InChI=1S/C12H24BrN/c1-4-12(8-13)9-14-10(2)6-5-7-11(14)3/h10-12H,4-9H2,1-3H3. The maximum atomic E-state index is 3.62. The molecule has 1 aliphatic rings. The molecule has 3 unspecified atom stereocenters. The average Bonchev–Trinajstić information content (AvgIpc) is 2.18. The van der Waals surface area contributed by atoms with Crippen LogP contribution >= 0.6 is 15.9 Å². The van der Waals surface area contributed by atoms with Crippen LogP contribution in [0.2, 0.25) is 0 Å². The summed E-state index contributed by atoms with van der Waals surface area (Å²) in [4.78, 5) is 2.71. The summed E-state index contributed by atoms with van der Waals surface area (Å²) < 4.78 is 0. The molecule has 84 valence electrons. The predicted molar refractivity (Wildman–Crippen MR) is 67.1 cm³/mol. The topological polar surface area (TPSA) is 3.24 Å². The molecule has 0 aromatic heterocycles. The first-order valence-corrected chi connectivity index (χ1v) is 7.12. The molecule has 1 heterocycles. The number of likely N-dealkylation sites (tertiary alicyclic amines) is 1. The third-order valence-corrected chi connectivity index (χ3v) is 4.56. The van der Waals surface area contributed by atoms with Gasteiger partial charge in [-0.05, 0) is 32.6 Å². The van der Waals surface area contributed by atoms with Gasteiger partial charge in [0.25, 0.3) is 0 Å². The molecular formula is C12H24BrN. The Labute approximate surface area is 97.4 Å². The number of piperidine rings is 1. The van der Waals surface area contributed by atoms with Gasteiger partial charge in [0.2, 0.25) is 0 Å². The van der Waals surface area contributed by atoms with Crippen LogP contribution in [0.25, 0.3) is 0 Å². The van der Waals surface area contributed by atoms with Crippen molar-refractivity contribution < 1.29 is 0 Å². The fraction of sp³-hybridized carbons (Fsp3) is 1.00. The molecule has 0 aliphatic carbocycles. The van der Waals surface area contributed by atoms with E-state index in [0.717, 1.165) is 23.3 Å². The van der Waals surface area contributed by atoms with E-state index >= 15 is 0 Å². The minimum atomic E-state index is 0.798. The van der Waals surface area contributed by atoms with Gasteiger partial charge >= 0.3 is 0 Å². The zero-order valence-corrected chi connectivity index (χ0v) is 11.4. The van der Waals surface area contributed by atoms with Crippen LogP contribution in [0.4, 0.5) is 0 Å². The Bertz CT molecular complexity index is 146. The summed E-state index contributed by atoms with van der Waals surface area (Å²) in [5.41, 5.74) is 0. The van der Waals surface area contributed by atoms with Crippen molar-refractivity contribution in [3.63, 3.8) is 0 Å². The van der Waals surface area contributed by atoms with Gasteiger partial charge in [-0.3, -0.25) is 4.90 Å². The first kappa shape index (κ1) is 12.5. The second kappa shape index (κ2) is 6.12. The molecule has 0 aromatic carbocycles. The van der Waals surface area contributed by atoms with Crippen LogP contribution < -0.4 is 0 Å². The van der Waals surface area contributed by atoms with Gasteiger partial charge in [-0.2, -0.15) is 0 Å². The van der Waals surface area contributed by atoms with Gasteiger partial charge in [0.1, 0.15) is 0 Å². The van der Waals surface area contributed by atoms with Crippen LogP contribution in [0.3, 0.4) is 0 Å². The highest BCUT2D eigenvalue weighted by molar-refractivity contribution is 9.09. The van der Waals surface area contributed by atoms with E-state index in [0.29, 0.717) is 0 Å². The fourth-order valence-corrected chi connectivity index (χ4v) is 3.08. The molecule has 2 heteroatoms. The molecule has 14 heavy (non-hydrogen) atoms. The summed E-state index contributed by atoms with van der Waals surface area (Å²) in [6, 6.07) is 1.60. The van der Waals surface area contributed by atoms with E-state index in [1.807, 2.05) is 0 Å². The Morgan fingerprint density at radius 2 is 1.86 bits per heavy atom. The number of rotatable bonds is 4. The highest BCUT2D eigenvalue weighted by Gasteiger charge is 2.25. The molecule has 1 rings (SSSR count). The van der Waals surface area contributed by atoms with Gasteiger partial charge in [0, 0.05) is 24.0 Å². The minimum Gasteiger partial charge on any atom is -0.298 e. The lowest BCUT2D eigenvalue weighted by Gasteiger charge is -2.40. The molecule has 1 saturated heterocycles. The molecule has 1 fully saturated rings. The average molecular weight is 262 g/mol. The number of alkyl halides is 1. The molecule has 0 aromatic rings. The predicted octanol–water partition coefficient (Wildman–Crippen LogP) is 3.67. The van der Waals surface area contributed by atoms with Crippen LogP contribution in [0.1, 0.15) is 46.5 Å². The molecule has 3 atom stereocenters. The van der Waals surface area contributed by atoms with Crippen molar-refractivity contribution in [3.05, 3.63) is 0 Å².